The van der Waals surface area contributed by atoms with E-state index in [2.05, 4.69) is 98.6 Å². The average Bonchev–Trinajstić information content (AvgIpc) is 2.94. The van der Waals surface area contributed by atoms with E-state index in [1.165, 1.54) is 150 Å². The van der Waals surface area contributed by atoms with Crippen molar-refractivity contribution in [2.75, 3.05) is 118 Å². The Morgan fingerprint density at radius 3 is 0.590 bits per heavy atom. The Kier molecular flexibility index (Phi) is 32.2. The van der Waals surface area contributed by atoms with Gasteiger partial charge in [-0.2, -0.15) is 0 Å². The van der Waals surface area contributed by atoms with Gasteiger partial charge in [-0.3, -0.25) is 0 Å². The molecule has 0 atom stereocenters. The minimum atomic E-state index is 1.17. The molecule has 0 radical (unpaired) electrons. The van der Waals surface area contributed by atoms with Gasteiger partial charge in [0.1, 0.15) is 0 Å². The van der Waals surface area contributed by atoms with E-state index < -0.39 is 0 Å². The molecule has 39 heavy (non-hydrogen) atoms. The Balaban J connectivity index is 0. The van der Waals surface area contributed by atoms with Crippen LogP contribution in [0.5, 0.6) is 0 Å². The zero-order valence-electron chi connectivity index (χ0n) is 28.9. The molecule has 6 nitrogen and oxygen atoms in total. The zero-order chi connectivity index (χ0) is 29.7. The first-order chi connectivity index (χ1) is 18.9. The van der Waals surface area contributed by atoms with Crippen molar-refractivity contribution in [1.29, 1.82) is 0 Å². The lowest BCUT2D eigenvalue weighted by molar-refractivity contribution is 0.175. The van der Waals surface area contributed by atoms with Gasteiger partial charge in [0.25, 0.3) is 0 Å². The molecule has 0 bridgehead atoms. The van der Waals surface area contributed by atoms with E-state index >= 15 is 0 Å². The van der Waals surface area contributed by atoms with E-state index in [1.807, 2.05) is 0 Å². The monoisotopic (exact) mass is 557 g/mol. The van der Waals surface area contributed by atoms with E-state index in [9.17, 15) is 0 Å². The summed E-state index contributed by atoms with van der Waals surface area (Å²) in [5, 5.41) is 0. The van der Waals surface area contributed by atoms with Crippen LogP contribution in [0.25, 0.3) is 0 Å². The van der Waals surface area contributed by atoms with Crippen LogP contribution in [0.2, 0.25) is 0 Å². The summed E-state index contributed by atoms with van der Waals surface area (Å²) in [5.41, 5.74) is 0. The van der Waals surface area contributed by atoms with Crippen LogP contribution in [-0.2, 0) is 0 Å². The van der Waals surface area contributed by atoms with E-state index in [-0.39, 0.29) is 0 Å². The molecule has 0 fully saturated rings. The number of rotatable bonds is 27. The fourth-order valence-electron chi connectivity index (χ4n) is 5.23. The van der Waals surface area contributed by atoms with Gasteiger partial charge in [-0.15, -0.1) is 0 Å². The molecule has 0 rings (SSSR count). The van der Waals surface area contributed by atoms with Crippen LogP contribution in [0.4, 0.5) is 0 Å². The third kappa shape index (κ3) is 24.1. The molecule has 0 aromatic rings. The highest BCUT2D eigenvalue weighted by Crippen LogP contribution is 2.01. The highest BCUT2D eigenvalue weighted by Gasteiger charge is 2.10. The molecule has 0 aromatic carbocycles. The second-order valence-corrected chi connectivity index (χ2v) is 11.0. The summed E-state index contributed by atoms with van der Waals surface area (Å²) in [5.74, 6) is 0. The quantitative estimate of drug-likeness (QED) is 0.124. The molecule has 6 heteroatoms. The Morgan fingerprint density at radius 2 is 0.385 bits per heavy atom. The third-order valence-electron chi connectivity index (χ3n) is 7.87. The van der Waals surface area contributed by atoms with Gasteiger partial charge in [-0.1, -0.05) is 69.2 Å². The zero-order valence-corrected chi connectivity index (χ0v) is 28.9. The Hall–Kier alpha value is -0.240. The average molecular weight is 557 g/mol. The number of hydrogen-bond donors (Lipinski definition) is 0. The Labute approximate surface area is 248 Å². The van der Waals surface area contributed by atoms with Gasteiger partial charge in [0.15, 0.2) is 0 Å². The first-order valence-corrected chi connectivity index (χ1v) is 17.3. The maximum absolute atomic E-state index is 2.68. The van der Waals surface area contributed by atoms with Gasteiger partial charge in [0.05, 0.1) is 0 Å². The van der Waals surface area contributed by atoms with Crippen molar-refractivity contribution in [2.24, 2.45) is 0 Å². The highest BCUT2D eigenvalue weighted by molar-refractivity contribution is 4.67. The second-order valence-electron chi connectivity index (χ2n) is 11.0. The van der Waals surface area contributed by atoms with Crippen molar-refractivity contribution < 1.29 is 0 Å². The molecular formula is C33H76N6. The molecule has 0 saturated heterocycles. The Bertz CT molecular complexity index is 407. The molecule has 0 spiro atoms. The number of likely N-dealkylation sites (N-methyl/N-ethyl adjacent to an activating group) is 3. The van der Waals surface area contributed by atoms with Gasteiger partial charge in [-0.05, 0) is 97.6 Å². The molecule has 0 aromatic heterocycles. The lowest BCUT2D eigenvalue weighted by Crippen LogP contribution is -2.40. The van der Waals surface area contributed by atoms with Crippen molar-refractivity contribution in [1.82, 2.24) is 29.4 Å². The minimum Gasteiger partial charge on any atom is -0.303 e. The first-order valence-electron chi connectivity index (χ1n) is 17.3. The van der Waals surface area contributed by atoms with Crippen molar-refractivity contribution in [3.8, 4) is 0 Å². The van der Waals surface area contributed by atoms with E-state index in [0.717, 1.165) is 0 Å². The van der Waals surface area contributed by atoms with Crippen LogP contribution in [0.1, 0.15) is 101 Å². The molecule has 238 valence electrons. The van der Waals surface area contributed by atoms with Gasteiger partial charge in [-0.25, -0.2) is 0 Å². The second kappa shape index (κ2) is 30.7. The molecule has 0 aliphatic carbocycles. The van der Waals surface area contributed by atoms with E-state index in [0.29, 0.717) is 0 Å². The van der Waals surface area contributed by atoms with Gasteiger partial charge >= 0.3 is 0 Å². The fraction of sp³-hybridized carbons (Fsp3) is 1.00. The highest BCUT2D eigenvalue weighted by atomic mass is 15.2. The lowest BCUT2D eigenvalue weighted by atomic mass is 10.3. The number of nitrogens with zero attached hydrogens (tertiary/aromatic N) is 6. The molecule has 0 unspecified atom stereocenters. The SMILES string of the molecule is CCCN(CCC)CCN(CCC)CCN(CCC)CCC.CCN(CC)CCN(CC)CCN(CC)CC. The van der Waals surface area contributed by atoms with Crippen molar-refractivity contribution in [3.63, 3.8) is 0 Å². The van der Waals surface area contributed by atoms with E-state index in [1.54, 1.807) is 0 Å². The maximum atomic E-state index is 2.68. The third-order valence-corrected chi connectivity index (χ3v) is 7.87. The van der Waals surface area contributed by atoms with Gasteiger partial charge in [0.2, 0.25) is 0 Å². The summed E-state index contributed by atoms with van der Waals surface area (Å²) in [4.78, 5) is 15.5. The van der Waals surface area contributed by atoms with Crippen LogP contribution in [-0.4, -0.2) is 147 Å². The summed E-state index contributed by atoms with van der Waals surface area (Å²) < 4.78 is 0. The smallest absolute Gasteiger partial charge is 0.0110 e. The minimum absolute atomic E-state index is 1.17. The molecular weight excluding hydrogens is 480 g/mol. The Morgan fingerprint density at radius 1 is 0.205 bits per heavy atom. The predicted molar refractivity (Wildman–Crippen MR) is 178 cm³/mol. The van der Waals surface area contributed by atoms with Gasteiger partial charge < -0.3 is 29.4 Å². The summed E-state index contributed by atoms with van der Waals surface area (Å²) in [6.45, 7) is 44.6. The molecule has 0 amide bonds. The maximum Gasteiger partial charge on any atom is 0.0110 e. The van der Waals surface area contributed by atoms with Crippen LogP contribution in [0.15, 0.2) is 0 Å². The van der Waals surface area contributed by atoms with Crippen LogP contribution < -0.4 is 0 Å². The normalized spacial score (nSPS) is 12.0. The number of hydrogen-bond acceptors (Lipinski definition) is 6. The molecule has 0 N–H and O–H groups in total. The predicted octanol–water partition coefficient (Wildman–Crippen LogP) is 5.93. The lowest BCUT2D eigenvalue weighted by Gasteiger charge is -2.29. The molecule has 0 saturated carbocycles. The first kappa shape index (κ1) is 40.9. The van der Waals surface area contributed by atoms with Gasteiger partial charge in [0, 0.05) is 52.4 Å². The fourth-order valence-corrected chi connectivity index (χ4v) is 5.23. The summed E-state index contributed by atoms with van der Waals surface area (Å²) in [7, 11) is 0. The van der Waals surface area contributed by atoms with Crippen LogP contribution >= 0.6 is 0 Å². The van der Waals surface area contributed by atoms with Crippen LogP contribution in [0, 0.1) is 0 Å². The van der Waals surface area contributed by atoms with Crippen molar-refractivity contribution in [3.05, 3.63) is 0 Å². The van der Waals surface area contributed by atoms with Crippen molar-refractivity contribution >= 4 is 0 Å². The topological polar surface area (TPSA) is 19.4 Å². The standard InChI is InChI=1S/C19H43N3.C14H33N3/c1-6-11-20(12-7-2)16-18-22(15-10-5)19-17-21(13-8-3)14-9-4;1-6-15(7-2)11-13-17(10-5)14-12-16(8-3)9-4/h6-19H2,1-5H3;6-14H2,1-5H3. The van der Waals surface area contributed by atoms with E-state index in [4.69, 9.17) is 0 Å². The molecule has 0 aliphatic rings. The van der Waals surface area contributed by atoms with Crippen LogP contribution in [0.3, 0.4) is 0 Å². The summed E-state index contributed by atoms with van der Waals surface area (Å²) in [6, 6.07) is 0. The summed E-state index contributed by atoms with van der Waals surface area (Å²) >= 11 is 0. The molecule has 0 heterocycles. The summed E-state index contributed by atoms with van der Waals surface area (Å²) in [6.07, 6.45) is 6.36. The largest absolute Gasteiger partial charge is 0.303 e. The molecule has 0 aliphatic heterocycles. The van der Waals surface area contributed by atoms with Crippen molar-refractivity contribution in [2.45, 2.75) is 101 Å².